The smallest absolute Gasteiger partial charge is 0.276 e. The van der Waals surface area contributed by atoms with Crippen LogP contribution in [0.15, 0.2) is 28.1 Å². The van der Waals surface area contributed by atoms with Crippen molar-refractivity contribution in [1.82, 2.24) is 15.0 Å². The van der Waals surface area contributed by atoms with Crippen LogP contribution in [0.25, 0.3) is 0 Å². The zero-order valence-corrected chi connectivity index (χ0v) is 14.2. The van der Waals surface area contributed by atoms with E-state index < -0.39 is 0 Å². The highest BCUT2D eigenvalue weighted by Gasteiger charge is 2.23. The van der Waals surface area contributed by atoms with Crippen molar-refractivity contribution in [2.75, 3.05) is 33.4 Å². The molecule has 2 aromatic rings. The summed E-state index contributed by atoms with van der Waals surface area (Å²) in [4.78, 5) is 17.6. The van der Waals surface area contributed by atoms with Crippen molar-refractivity contribution < 1.29 is 14.1 Å². The Labute approximate surface area is 139 Å². The Balaban J connectivity index is 1.63. The van der Waals surface area contributed by atoms with E-state index >= 15 is 0 Å². The van der Waals surface area contributed by atoms with Gasteiger partial charge in [-0.2, -0.15) is 0 Å². The van der Waals surface area contributed by atoms with Crippen LogP contribution in [0.5, 0.6) is 0 Å². The number of hydrogen-bond donors (Lipinski definition) is 0. The SMILES string of the molecule is C[C@H](c1cccs1)N(C)C(=O)c1cc(CN2CCOCC2)on1. The second-order valence-electron chi connectivity index (χ2n) is 5.67. The normalized spacial score (nSPS) is 17.1. The fourth-order valence-electron chi connectivity index (χ4n) is 2.54. The first-order valence-corrected chi connectivity index (χ1v) is 8.59. The number of morpholine rings is 1. The zero-order chi connectivity index (χ0) is 16.2. The summed E-state index contributed by atoms with van der Waals surface area (Å²) in [6.45, 7) is 5.90. The van der Waals surface area contributed by atoms with Gasteiger partial charge in [0, 0.05) is 31.1 Å². The van der Waals surface area contributed by atoms with E-state index in [1.807, 2.05) is 24.4 Å². The topological polar surface area (TPSA) is 58.8 Å². The molecule has 23 heavy (non-hydrogen) atoms. The van der Waals surface area contributed by atoms with Crippen molar-refractivity contribution in [2.45, 2.75) is 19.5 Å². The van der Waals surface area contributed by atoms with Gasteiger partial charge in [0.25, 0.3) is 5.91 Å². The number of rotatable bonds is 5. The Bertz CT molecular complexity index is 635. The van der Waals surface area contributed by atoms with Crippen molar-refractivity contribution in [1.29, 1.82) is 0 Å². The number of amides is 1. The van der Waals surface area contributed by atoms with Crippen molar-refractivity contribution in [3.05, 3.63) is 39.9 Å². The van der Waals surface area contributed by atoms with Crippen LogP contribution in [0.2, 0.25) is 0 Å². The van der Waals surface area contributed by atoms with Crippen LogP contribution < -0.4 is 0 Å². The Morgan fingerprint density at radius 1 is 1.48 bits per heavy atom. The average molecular weight is 335 g/mol. The van der Waals surface area contributed by atoms with Crippen LogP contribution in [0, 0.1) is 0 Å². The molecule has 1 aliphatic heterocycles. The van der Waals surface area contributed by atoms with Crippen molar-refractivity contribution in [2.24, 2.45) is 0 Å². The summed E-state index contributed by atoms with van der Waals surface area (Å²) in [6, 6.07) is 5.79. The fraction of sp³-hybridized carbons (Fsp3) is 0.500. The largest absolute Gasteiger partial charge is 0.379 e. The number of aromatic nitrogens is 1. The lowest BCUT2D eigenvalue weighted by Gasteiger charge is -2.25. The summed E-state index contributed by atoms with van der Waals surface area (Å²) < 4.78 is 10.7. The molecule has 1 aliphatic rings. The molecule has 3 heterocycles. The van der Waals surface area contributed by atoms with E-state index in [0.29, 0.717) is 18.0 Å². The zero-order valence-electron chi connectivity index (χ0n) is 13.4. The molecule has 2 aromatic heterocycles. The van der Waals surface area contributed by atoms with Crippen molar-refractivity contribution >= 4 is 17.2 Å². The molecule has 0 aromatic carbocycles. The second kappa shape index (κ2) is 7.25. The molecule has 0 saturated carbocycles. The standard InChI is InChI=1S/C16H21N3O3S/c1-12(15-4-3-9-23-15)18(2)16(20)14-10-13(22-17-14)11-19-5-7-21-8-6-19/h3-4,9-10,12H,5-8,11H2,1-2H3/t12-/m1/s1. The molecular weight excluding hydrogens is 314 g/mol. The van der Waals surface area contributed by atoms with E-state index in [0.717, 1.165) is 31.2 Å². The number of thiophene rings is 1. The summed E-state index contributed by atoms with van der Waals surface area (Å²) in [5, 5.41) is 5.96. The molecule has 0 N–H and O–H groups in total. The molecule has 124 valence electrons. The first kappa shape index (κ1) is 16.2. The first-order valence-electron chi connectivity index (χ1n) is 7.71. The van der Waals surface area contributed by atoms with Crippen molar-refractivity contribution in [3.8, 4) is 0 Å². The second-order valence-corrected chi connectivity index (χ2v) is 6.65. The first-order chi connectivity index (χ1) is 11.1. The molecule has 0 unspecified atom stereocenters. The molecule has 3 rings (SSSR count). The minimum absolute atomic E-state index is 0.0156. The van der Waals surface area contributed by atoms with Gasteiger partial charge in [-0.1, -0.05) is 11.2 Å². The molecule has 0 bridgehead atoms. The lowest BCUT2D eigenvalue weighted by atomic mass is 10.2. The summed E-state index contributed by atoms with van der Waals surface area (Å²) in [6.07, 6.45) is 0. The van der Waals surface area contributed by atoms with Gasteiger partial charge in [-0.15, -0.1) is 11.3 Å². The van der Waals surface area contributed by atoms with Gasteiger partial charge in [-0.25, -0.2) is 0 Å². The van der Waals surface area contributed by atoms with E-state index in [-0.39, 0.29) is 11.9 Å². The van der Waals surface area contributed by atoms with Crippen LogP contribution in [-0.2, 0) is 11.3 Å². The minimum atomic E-state index is -0.122. The van der Waals surface area contributed by atoms with Gasteiger partial charge in [0.15, 0.2) is 11.5 Å². The van der Waals surface area contributed by atoms with E-state index in [9.17, 15) is 4.79 Å². The van der Waals surface area contributed by atoms with E-state index in [1.165, 1.54) is 0 Å². The summed E-state index contributed by atoms with van der Waals surface area (Å²) >= 11 is 1.64. The van der Waals surface area contributed by atoms with Gasteiger partial charge in [0.05, 0.1) is 25.8 Å². The van der Waals surface area contributed by atoms with Crippen LogP contribution in [0.3, 0.4) is 0 Å². The minimum Gasteiger partial charge on any atom is -0.379 e. The Morgan fingerprint density at radius 2 is 2.26 bits per heavy atom. The van der Waals surface area contributed by atoms with E-state index in [1.54, 1.807) is 29.4 Å². The summed E-state index contributed by atoms with van der Waals surface area (Å²) in [5.41, 5.74) is 0.360. The third-order valence-electron chi connectivity index (χ3n) is 4.12. The predicted molar refractivity (Wildman–Crippen MR) is 87.4 cm³/mol. The lowest BCUT2D eigenvalue weighted by Crippen LogP contribution is -2.35. The van der Waals surface area contributed by atoms with Gasteiger partial charge in [0.2, 0.25) is 0 Å². The molecule has 1 saturated heterocycles. The molecular formula is C16H21N3O3S. The Hall–Kier alpha value is -1.70. The van der Waals surface area contributed by atoms with Crippen LogP contribution in [0.4, 0.5) is 0 Å². The maximum atomic E-state index is 12.6. The predicted octanol–water partition coefficient (Wildman–Crippen LogP) is 2.40. The highest BCUT2D eigenvalue weighted by Crippen LogP contribution is 2.24. The fourth-order valence-corrected chi connectivity index (χ4v) is 3.37. The number of ether oxygens (including phenoxy) is 1. The summed E-state index contributed by atoms with van der Waals surface area (Å²) in [5.74, 6) is 0.593. The van der Waals surface area contributed by atoms with Gasteiger partial charge >= 0.3 is 0 Å². The highest BCUT2D eigenvalue weighted by molar-refractivity contribution is 7.10. The average Bonchev–Trinajstić information content (AvgIpc) is 3.25. The molecule has 0 aliphatic carbocycles. The van der Waals surface area contributed by atoms with Gasteiger partial charge in [-0.3, -0.25) is 9.69 Å². The van der Waals surface area contributed by atoms with Gasteiger partial charge in [-0.05, 0) is 18.4 Å². The summed E-state index contributed by atoms with van der Waals surface area (Å²) in [7, 11) is 1.79. The monoisotopic (exact) mass is 335 g/mol. The third kappa shape index (κ3) is 3.80. The number of carbonyl (C=O) groups excluding carboxylic acids is 1. The van der Waals surface area contributed by atoms with E-state index in [2.05, 4.69) is 10.1 Å². The molecule has 1 fully saturated rings. The highest BCUT2D eigenvalue weighted by atomic mass is 32.1. The maximum Gasteiger partial charge on any atom is 0.276 e. The molecule has 7 heteroatoms. The lowest BCUT2D eigenvalue weighted by molar-refractivity contribution is 0.0305. The molecule has 1 amide bonds. The molecule has 6 nitrogen and oxygen atoms in total. The number of nitrogens with zero attached hydrogens (tertiary/aromatic N) is 3. The third-order valence-corrected chi connectivity index (χ3v) is 5.16. The van der Waals surface area contributed by atoms with Crippen LogP contribution >= 0.6 is 11.3 Å². The Kier molecular flexibility index (Phi) is 5.09. The van der Waals surface area contributed by atoms with Gasteiger partial charge in [0.1, 0.15) is 0 Å². The molecule has 0 radical (unpaired) electrons. The van der Waals surface area contributed by atoms with Gasteiger partial charge < -0.3 is 14.2 Å². The number of carbonyl (C=O) groups is 1. The number of hydrogen-bond acceptors (Lipinski definition) is 6. The van der Waals surface area contributed by atoms with Crippen molar-refractivity contribution in [3.63, 3.8) is 0 Å². The Morgan fingerprint density at radius 3 is 2.96 bits per heavy atom. The van der Waals surface area contributed by atoms with Crippen LogP contribution in [-0.4, -0.2) is 54.2 Å². The quantitative estimate of drug-likeness (QED) is 0.840. The van der Waals surface area contributed by atoms with E-state index in [4.69, 9.17) is 9.26 Å². The molecule has 1 atom stereocenters. The maximum absolute atomic E-state index is 12.6. The van der Waals surface area contributed by atoms with Crippen LogP contribution in [0.1, 0.15) is 34.1 Å². The molecule has 0 spiro atoms.